The van der Waals surface area contributed by atoms with E-state index in [1.807, 2.05) is 56.1 Å². The van der Waals surface area contributed by atoms with Crippen LogP contribution in [0.4, 0.5) is 4.79 Å². The number of likely N-dealkylation sites (N-methyl/N-ethyl adjacent to an activating group) is 1. The molecule has 2 rings (SSSR count). The van der Waals surface area contributed by atoms with Gasteiger partial charge in [-0.2, -0.15) is 0 Å². The SMILES string of the molecule is CC(C)CC(NC(=O)OCc1ccccc1)C(=O)N/C(=C\N1CCN(C)CC1)C(N)=O. The molecule has 0 saturated carbocycles. The number of hydrogen-bond donors (Lipinski definition) is 3. The van der Waals surface area contributed by atoms with E-state index in [9.17, 15) is 14.4 Å². The average molecular weight is 432 g/mol. The van der Waals surface area contributed by atoms with Gasteiger partial charge in [-0.25, -0.2) is 4.79 Å². The Hall–Kier alpha value is -3.07. The minimum absolute atomic E-state index is 0.00256. The van der Waals surface area contributed by atoms with Crippen molar-refractivity contribution < 1.29 is 19.1 Å². The van der Waals surface area contributed by atoms with E-state index in [1.54, 1.807) is 6.20 Å². The number of rotatable bonds is 9. The third kappa shape index (κ3) is 8.67. The Kier molecular flexibility index (Phi) is 9.33. The van der Waals surface area contributed by atoms with Crippen LogP contribution in [0.2, 0.25) is 0 Å². The predicted molar refractivity (Wildman–Crippen MR) is 117 cm³/mol. The maximum Gasteiger partial charge on any atom is 0.408 e. The molecule has 1 aromatic rings. The van der Waals surface area contributed by atoms with Crippen LogP contribution in [0.5, 0.6) is 0 Å². The minimum atomic E-state index is -0.862. The number of carbonyl (C=O) groups excluding carboxylic acids is 3. The number of piperazine rings is 1. The molecule has 0 aromatic heterocycles. The summed E-state index contributed by atoms with van der Waals surface area (Å²) in [5, 5.41) is 5.18. The zero-order valence-corrected chi connectivity index (χ0v) is 18.5. The molecular weight excluding hydrogens is 398 g/mol. The zero-order chi connectivity index (χ0) is 22.8. The Morgan fingerprint density at radius 1 is 1.13 bits per heavy atom. The van der Waals surface area contributed by atoms with E-state index in [4.69, 9.17) is 10.5 Å². The van der Waals surface area contributed by atoms with Crippen molar-refractivity contribution in [3.8, 4) is 0 Å². The molecule has 0 radical (unpaired) electrons. The van der Waals surface area contributed by atoms with Crippen molar-refractivity contribution in [2.24, 2.45) is 11.7 Å². The van der Waals surface area contributed by atoms with Crippen LogP contribution in [0.15, 0.2) is 42.2 Å². The summed E-state index contributed by atoms with van der Waals surface area (Å²) in [6, 6.07) is 8.40. The van der Waals surface area contributed by atoms with E-state index in [1.165, 1.54) is 0 Å². The van der Waals surface area contributed by atoms with Crippen LogP contribution in [0, 0.1) is 5.92 Å². The number of benzene rings is 1. The second kappa shape index (κ2) is 11.9. The molecule has 1 atom stereocenters. The van der Waals surface area contributed by atoms with E-state index in [0.29, 0.717) is 6.42 Å². The van der Waals surface area contributed by atoms with Crippen LogP contribution in [0.3, 0.4) is 0 Å². The van der Waals surface area contributed by atoms with Gasteiger partial charge in [0.1, 0.15) is 18.3 Å². The summed E-state index contributed by atoms with van der Waals surface area (Å²) in [4.78, 5) is 41.1. The number of nitrogens with one attached hydrogen (secondary N) is 2. The molecule has 1 heterocycles. The van der Waals surface area contributed by atoms with E-state index >= 15 is 0 Å². The monoisotopic (exact) mass is 431 g/mol. The highest BCUT2D eigenvalue weighted by Crippen LogP contribution is 2.08. The number of amides is 3. The van der Waals surface area contributed by atoms with Crippen molar-refractivity contribution in [1.29, 1.82) is 0 Å². The van der Waals surface area contributed by atoms with Gasteiger partial charge in [-0.3, -0.25) is 9.59 Å². The lowest BCUT2D eigenvalue weighted by Gasteiger charge is -2.32. The fourth-order valence-corrected chi connectivity index (χ4v) is 3.12. The fraction of sp³-hybridized carbons (Fsp3) is 0.500. The van der Waals surface area contributed by atoms with Gasteiger partial charge >= 0.3 is 6.09 Å². The molecule has 1 aromatic carbocycles. The van der Waals surface area contributed by atoms with Crippen molar-refractivity contribution in [2.75, 3.05) is 33.2 Å². The van der Waals surface area contributed by atoms with Crippen LogP contribution in [0.25, 0.3) is 0 Å². The Morgan fingerprint density at radius 2 is 1.77 bits per heavy atom. The lowest BCUT2D eigenvalue weighted by molar-refractivity contribution is -0.124. The van der Waals surface area contributed by atoms with Crippen molar-refractivity contribution in [3.63, 3.8) is 0 Å². The molecule has 1 aliphatic heterocycles. The van der Waals surface area contributed by atoms with Crippen LogP contribution >= 0.6 is 0 Å². The van der Waals surface area contributed by atoms with Crippen molar-refractivity contribution in [3.05, 3.63) is 47.8 Å². The summed E-state index contributed by atoms with van der Waals surface area (Å²) in [5.74, 6) is -1.12. The maximum absolute atomic E-state index is 12.8. The topological polar surface area (TPSA) is 117 Å². The first-order valence-electron chi connectivity index (χ1n) is 10.5. The van der Waals surface area contributed by atoms with Gasteiger partial charge in [-0.15, -0.1) is 0 Å². The Balaban J connectivity index is 1.99. The van der Waals surface area contributed by atoms with Gasteiger partial charge in [0.2, 0.25) is 5.91 Å². The molecule has 1 aliphatic rings. The Bertz CT molecular complexity index is 773. The smallest absolute Gasteiger partial charge is 0.408 e. The fourth-order valence-electron chi connectivity index (χ4n) is 3.12. The molecule has 0 spiro atoms. The molecule has 4 N–H and O–H groups in total. The Morgan fingerprint density at radius 3 is 2.35 bits per heavy atom. The molecule has 1 saturated heterocycles. The third-order valence-electron chi connectivity index (χ3n) is 4.90. The Labute approximate surface area is 183 Å². The molecule has 31 heavy (non-hydrogen) atoms. The molecule has 170 valence electrons. The highest BCUT2D eigenvalue weighted by atomic mass is 16.5. The first-order chi connectivity index (χ1) is 14.7. The number of ether oxygens (including phenoxy) is 1. The van der Waals surface area contributed by atoms with Gasteiger partial charge in [-0.1, -0.05) is 44.2 Å². The van der Waals surface area contributed by atoms with E-state index in [2.05, 4.69) is 15.5 Å². The van der Waals surface area contributed by atoms with Gasteiger partial charge in [0.25, 0.3) is 5.91 Å². The first-order valence-corrected chi connectivity index (χ1v) is 10.5. The standard InChI is InChI=1S/C22H33N5O4/c1-16(2)13-18(25-22(30)31-15-17-7-5-4-6-8-17)21(29)24-19(20(23)28)14-27-11-9-26(3)10-12-27/h4-8,14,16,18H,9-13,15H2,1-3H3,(H2,23,28)(H,24,29)(H,25,30)/b19-14-. The van der Waals surface area contributed by atoms with Crippen molar-refractivity contribution in [1.82, 2.24) is 20.4 Å². The number of primary amides is 1. The van der Waals surface area contributed by atoms with Crippen LogP contribution in [-0.4, -0.2) is 67.0 Å². The highest BCUT2D eigenvalue weighted by Gasteiger charge is 2.25. The largest absolute Gasteiger partial charge is 0.445 e. The number of alkyl carbamates (subject to hydrolysis) is 1. The summed E-state index contributed by atoms with van der Waals surface area (Å²) >= 11 is 0. The summed E-state index contributed by atoms with van der Waals surface area (Å²) in [6.07, 6.45) is 1.26. The van der Waals surface area contributed by atoms with Crippen LogP contribution in [-0.2, 0) is 20.9 Å². The number of nitrogens with zero attached hydrogens (tertiary/aromatic N) is 2. The molecule has 1 fully saturated rings. The lowest BCUT2D eigenvalue weighted by Crippen LogP contribution is -2.49. The molecule has 9 nitrogen and oxygen atoms in total. The van der Waals surface area contributed by atoms with E-state index in [0.717, 1.165) is 31.7 Å². The van der Waals surface area contributed by atoms with Crippen molar-refractivity contribution >= 4 is 17.9 Å². The van der Waals surface area contributed by atoms with Gasteiger partial charge in [0, 0.05) is 32.4 Å². The van der Waals surface area contributed by atoms with E-state index < -0.39 is 23.9 Å². The minimum Gasteiger partial charge on any atom is -0.445 e. The molecular formula is C22H33N5O4. The quantitative estimate of drug-likeness (QED) is 0.503. The summed E-state index contributed by atoms with van der Waals surface area (Å²) < 4.78 is 5.23. The van der Waals surface area contributed by atoms with Gasteiger partial charge in [0.05, 0.1) is 0 Å². The predicted octanol–water partition coefficient (Wildman–Crippen LogP) is 1.02. The number of hydrogen-bond acceptors (Lipinski definition) is 6. The first kappa shape index (κ1) is 24.2. The third-order valence-corrected chi connectivity index (χ3v) is 4.90. The van der Waals surface area contributed by atoms with Gasteiger partial charge < -0.3 is 30.9 Å². The second-order valence-corrected chi connectivity index (χ2v) is 8.12. The average Bonchev–Trinajstić information content (AvgIpc) is 2.73. The summed E-state index contributed by atoms with van der Waals surface area (Å²) in [6.45, 7) is 7.12. The molecule has 0 aliphatic carbocycles. The zero-order valence-electron chi connectivity index (χ0n) is 18.5. The normalized spacial score (nSPS) is 16.0. The lowest BCUT2D eigenvalue weighted by atomic mass is 10.0. The number of nitrogens with two attached hydrogens (primary N) is 1. The highest BCUT2D eigenvalue weighted by molar-refractivity contribution is 5.98. The van der Waals surface area contributed by atoms with Crippen LogP contribution in [0.1, 0.15) is 25.8 Å². The molecule has 1 unspecified atom stereocenters. The van der Waals surface area contributed by atoms with Crippen LogP contribution < -0.4 is 16.4 Å². The maximum atomic E-state index is 12.8. The van der Waals surface area contributed by atoms with E-state index in [-0.39, 0.29) is 18.2 Å². The molecule has 9 heteroatoms. The summed E-state index contributed by atoms with van der Waals surface area (Å²) in [5.41, 5.74) is 6.32. The number of carbonyl (C=O) groups is 3. The van der Waals surface area contributed by atoms with Gasteiger partial charge in [0.15, 0.2) is 0 Å². The van der Waals surface area contributed by atoms with Gasteiger partial charge in [-0.05, 0) is 24.9 Å². The molecule has 3 amide bonds. The van der Waals surface area contributed by atoms with Crippen molar-refractivity contribution in [2.45, 2.75) is 32.9 Å². The summed E-state index contributed by atoms with van der Waals surface area (Å²) in [7, 11) is 2.02. The molecule has 0 bridgehead atoms. The second-order valence-electron chi connectivity index (χ2n) is 8.12.